The Kier molecular flexibility index (Phi) is 8.75. The minimum atomic E-state index is -0.316. The Hall–Kier alpha value is -3.68. The SMILES string of the molecule is C.CCC[C@H](Nc1cncc(-c2ccc(NC(=O)NC)c(OC)c2)n1)c1ccccn1. The Morgan fingerprint density at radius 3 is 2.71 bits per heavy atom. The van der Waals surface area contributed by atoms with Crippen LogP contribution in [0.4, 0.5) is 16.3 Å². The molecule has 1 atom stereocenters. The van der Waals surface area contributed by atoms with Gasteiger partial charge in [0, 0.05) is 18.8 Å². The summed E-state index contributed by atoms with van der Waals surface area (Å²) in [6.45, 7) is 2.14. The van der Waals surface area contributed by atoms with Gasteiger partial charge in [0.25, 0.3) is 0 Å². The van der Waals surface area contributed by atoms with Crippen LogP contribution in [-0.4, -0.2) is 35.1 Å². The zero-order valence-corrected chi connectivity index (χ0v) is 17.3. The van der Waals surface area contributed by atoms with Crippen molar-refractivity contribution in [2.75, 3.05) is 24.8 Å². The predicted octanol–water partition coefficient (Wildman–Crippen LogP) is 4.89. The van der Waals surface area contributed by atoms with Gasteiger partial charge in [0.1, 0.15) is 11.6 Å². The number of anilines is 2. The summed E-state index contributed by atoms with van der Waals surface area (Å²) in [5.74, 6) is 1.21. The van der Waals surface area contributed by atoms with Crippen molar-refractivity contribution in [2.24, 2.45) is 0 Å². The lowest BCUT2D eigenvalue weighted by Gasteiger charge is -2.18. The Morgan fingerprint density at radius 1 is 1.19 bits per heavy atom. The second-order valence-corrected chi connectivity index (χ2v) is 6.65. The molecule has 0 saturated heterocycles. The first kappa shape index (κ1) is 23.6. The average Bonchev–Trinajstić information content (AvgIpc) is 2.79. The molecular formula is C23H30N6O2. The summed E-state index contributed by atoms with van der Waals surface area (Å²) < 4.78 is 5.42. The molecule has 2 amide bonds. The van der Waals surface area contributed by atoms with Gasteiger partial charge in [0.05, 0.1) is 42.6 Å². The second kappa shape index (κ2) is 11.5. The number of carbonyl (C=O) groups is 1. The molecule has 2 aromatic heterocycles. The number of hydrogen-bond donors (Lipinski definition) is 3. The minimum Gasteiger partial charge on any atom is -0.495 e. The number of rotatable bonds is 8. The van der Waals surface area contributed by atoms with Gasteiger partial charge in [-0.3, -0.25) is 9.97 Å². The number of hydrogen-bond acceptors (Lipinski definition) is 6. The summed E-state index contributed by atoms with van der Waals surface area (Å²) in [4.78, 5) is 25.1. The molecule has 0 spiro atoms. The number of carbonyl (C=O) groups excluding carboxylic acids is 1. The molecule has 0 fully saturated rings. The van der Waals surface area contributed by atoms with Gasteiger partial charge in [-0.05, 0) is 30.7 Å². The van der Waals surface area contributed by atoms with Crippen LogP contribution in [0.25, 0.3) is 11.3 Å². The summed E-state index contributed by atoms with van der Waals surface area (Å²) >= 11 is 0. The van der Waals surface area contributed by atoms with Crippen LogP contribution in [0.5, 0.6) is 5.75 Å². The zero-order valence-electron chi connectivity index (χ0n) is 17.3. The fourth-order valence-corrected chi connectivity index (χ4v) is 3.06. The topological polar surface area (TPSA) is 101 Å². The lowest BCUT2D eigenvalue weighted by Crippen LogP contribution is -2.24. The fourth-order valence-electron chi connectivity index (χ4n) is 3.06. The number of amides is 2. The predicted molar refractivity (Wildman–Crippen MR) is 124 cm³/mol. The molecule has 0 unspecified atom stereocenters. The monoisotopic (exact) mass is 422 g/mol. The highest BCUT2D eigenvalue weighted by molar-refractivity contribution is 5.91. The molecule has 0 radical (unpaired) electrons. The molecule has 164 valence electrons. The molecular weight excluding hydrogens is 392 g/mol. The molecule has 0 aliphatic heterocycles. The lowest BCUT2D eigenvalue weighted by molar-refractivity contribution is 0.254. The van der Waals surface area contributed by atoms with E-state index in [1.807, 2.05) is 30.3 Å². The number of nitrogens with zero attached hydrogens (tertiary/aromatic N) is 3. The van der Waals surface area contributed by atoms with Crippen molar-refractivity contribution in [3.8, 4) is 17.0 Å². The fraction of sp³-hybridized carbons (Fsp3) is 0.304. The maximum Gasteiger partial charge on any atom is 0.319 e. The minimum absolute atomic E-state index is 0. The van der Waals surface area contributed by atoms with Gasteiger partial charge >= 0.3 is 6.03 Å². The Balaban J connectivity index is 0.00000341. The number of benzene rings is 1. The molecule has 0 aliphatic carbocycles. The van der Waals surface area contributed by atoms with Gasteiger partial charge in [0.15, 0.2) is 0 Å². The van der Waals surface area contributed by atoms with Crippen molar-refractivity contribution in [3.05, 3.63) is 60.7 Å². The van der Waals surface area contributed by atoms with E-state index in [2.05, 4.69) is 32.8 Å². The number of methoxy groups -OCH3 is 1. The van der Waals surface area contributed by atoms with Crippen molar-refractivity contribution in [3.63, 3.8) is 0 Å². The largest absolute Gasteiger partial charge is 0.495 e. The van der Waals surface area contributed by atoms with Crippen molar-refractivity contribution in [1.82, 2.24) is 20.3 Å². The molecule has 1 aromatic carbocycles. The highest BCUT2D eigenvalue weighted by atomic mass is 16.5. The number of nitrogens with one attached hydrogen (secondary N) is 3. The zero-order chi connectivity index (χ0) is 21.3. The summed E-state index contributed by atoms with van der Waals surface area (Å²) in [7, 11) is 3.11. The van der Waals surface area contributed by atoms with Crippen LogP contribution in [-0.2, 0) is 0 Å². The van der Waals surface area contributed by atoms with Gasteiger partial charge in [-0.15, -0.1) is 0 Å². The molecule has 2 heterocycles. The standard InChI is InChI=1S/C22H26N6O2.CH4/c1-4-7-17(16-8-5-6-11-25-16)26-21-14-24-13-19(27-21)15-9-10-18(20(12-15)30-3)28-22(29)23-2;/h5-6,8-14,17H,4,7H2,1-3H3,(H,26,27)(H2,23,28,29);1H4/t17-;/m0./s1. The normalized spacial score (nSPS) is 11.1. The highest BCUT2D eigenvalue weighted by Gasteiger charge is 2.14. The van der Waals surface area contributed by atoms with Gasteiger partial charge in [-0.1, -0.05) is 32.9 Å². The van der Waals surface area contributed by atoms with Crippen LogP contribution >= 0.6 is 0 Å². The molecule has 8 nitrogen and oxygen atoms in total. The van der Waals surface area contributed by atoms with Crippen LogP contribution in [0.15, 0.2) is 55.0 Å². The van der Waals surface area contributed by atoms with Crippen molar-refractivity contribution in [1.29, 1.82) is 0 Å². The van der Waals surface area contributed by atoms with Gasteiger partial charge in [0.2, 0.25) is 0 Å². The first-order valence-corrected chi connectivity index (χ1v) is 9.81. The number of aromatic nitrogens is 3. The van der Waals surface area contributed by atoms with Crippen molar-refractivity contribution < 1.29 is 9.53 Å². The van der Waals surface area contributed by atoms with Crippen LogP contribution in [0.3, 0.4) is 0 Å². The van der Waals surface area contributed by atoms with E-state index in [4.69, 9.17) is 9.72 Å². The van der Waals surface area contributed by atoms with E-state index in [9.17, 15) is 4.79 Å². The van der Waals surface area contributed by atoms with Gasteiger partial charge in [-0.25, -0.2) is 9.78 Å². The van der Waals surface area contributed by atoms with E-state index in [1.165, 1.54) is 0 Å². The summed E-state index contributed by atoms with van der Waals surface area (Å²) in [5.41, 5.74) is 3.07. The number of pyridine rings is 1. The molecule has 0 saturated carbocycles. The molecule has 3 rings (SSSR count). The molecule has 3 aromatic rings. The molecule has 0 bridgehead atoms. The summed E-state index contributed by atoms with van der Waals surface area (Å²) in [6.07, 6.45) is 7.13. The second-order valence-electron chi connectivity index (χ2n) is 6.65. The van der Waals surface area contributed by atoms with Crippen LogP contribution in [0.2, 0.25) is 0 Å². The van der Waals surface area contributed by atoms with Crippen LogP contribution in [0.1, 0.15) is 38.9 Å². The quantitative estimate of drug-likeness (QED) is 0.478. The Labute approximate surface area is 183 Å². The Bertz CT molecular complexity index is 981. The summed E-state index contributed by atoms with van der Waals surface area (Å²) in [5, 5.41) is 8.70. The van der Waals surface area contributed by atoms with Gasteiger partial charge < -0.3 is 20.7 Å². The third kappa shape index (κ3) is 6.15. The van der Waals surface area contributed by atoms with Crippen LogP contribution in [0, 0.1) is 0 Å². The number of urea groups is 1. The van der Waals surface area contributed by atoms with Gasteiger partial charge in [-0.2, -0.15) is 0 Å². The van der Waals surface area contributed by atoms with E-state index < -0.39 is 0 Å². The van der Waals surface area contributed by atoms with E-state index in [1.54, 1.807) is 38.8 Å². The molecule has 0 aliphatic rings. The third-order valence-corrected chi connectivity index (χ3v) is 4.55. The Morgan fingerprint density at radius 2 is 2.03 bits per heavy atom. The average molecular weight is 423 g/mol. The van der Waals surface area contributed by atoms with E-state index >= 15 is 0 Å². The van der Waals surface area contributed by atoms with E-state index in [0.29, 0.717) is 22.9 Å². The maximum absolute atomic E-state index is 11.6. The van der Waals surface area contributed by atoms with E-state index in [0.717, 1.165) is 24.1 Å². The maximum atomic E-state index is 11.6. The van der Waals surface area contributed by atoms with E-state index in [-0.39, 0.29) is 19.5 Å². The molecule has 31 heavy (non-hydrogen) atoms. The first-order valence-electron chi connectivity index (χ1n) is 9.81. The first-order chi connectivity index (χ1) is 14.6. The number of ether oxygens (including phenoxy) is 1. The lowest BCUT2D eigenvalue weighted by atomic mass is 10.1. The molecule has 8 heteroatoms. The smallest absolute Gasteiger partial charge is 0.319 e. The molecule has 3 N–H and O–H groups in total. The van der Waals surface area contributed by atoms with Crippen molar-refractivity contribution in [2.45, 2.75) is 33.2 Å². The highest BCUT2D eigenvalue weighted by Crippen LogP contribution is 2.30. The van der Waals surface area contributed by atoms with Crippen molar-refractivity contribution >= 4 is 17.5 Å². The van der Waals surface area contributed by atoms with Crippen LogP contribution < -0.4 is 20.7 Å². The summed E-state index contributed by atoms with van der Waals surface area (Å²) in [6, 6.07) is 11.1. The third-order valence-electron chi connectivity index (χ3n) is 4.55.